The van der Waals surface area contributed by atoms with E-state index in [9.17, 15) is 0 Å². The fraction of sp³-hybridized carbons (Fsp3) is 0.364. The lowest BCUT2D eigenvalue weighted by Crippen LogP contribution is -2.14. The molecule has 1 aromatic carbocycles. The largest absolute Gasteiger partial charge is 0.321 e. The number of hydrogen-bond donors (Lipinski definition) is 1. The zero-order chi connectivity index (χ0) is 11.5. The second-order valence-corrected chi connectivity index (χ2v) is 3.72. The molecule has 1 heterocycles. The summed E-state index contributed by atoms with van der Waals surface area (Å²) in [6.45, 7) is 3.98. The van der Waals surface area contributed by atoms with E-state index in [1.165, 1.54) is 5.56 Å². The van der Waals surface area contributed by atoms with E-state index < -0.39 is 0 Å². The Hall–Kier alpha value is -1.75. The number of benzene rings is 1. The predicted molar refractivity (Wildman–Crippen MR) is 61.1 cm³/mol. The van der Waals surface area contributed by atoms with Crippen molar-refractivity contribution in [3.63, 3.8) is 0 Å². The number of aromatic nitrogens is 4. The highest BCUT2D eigenvalue weighted by molar-refractivity contribution is 5.40. The minimum absolute atomic E-state index is 0.181. The fourth-order valence-electron chi connectivity index (χ4n) is 1.67. The van der Waals surface area contributed by atoms with Crippen LogP contribution in [0.4, 0.5) is 0 Å². The minimum atomic E-state index is -0.181. The summed E-state index contributed by atoms with van der Waals surface area (Å²) in [4.78, 5) is 0. The number of tetrazole rings is 1. The van der Waals surface area contributed by atoms with Gasteiger partial charge in [0, 0.05) is 0 Å². The number of nitrogens with zero attached hydrogens (tertiary/aromatic N) is 4. The van der Waals surface area contributed by atoms with Crippen LogP contribution in [0.2, 0.25) is 0 Å². The summed E-state index contributed by atoms with van der Waals surface area (Å²) in [6.07, 6.45) is 0.939. The molecular formula is C11H15N5. The molecule has 0 amide bonds. The van der Waals surface area contributed by atoms with Gasteiger partial charge in [0.2, 0.25) is 0 Å². The van der Waals surface area contributed by atoms with Gasteiger partial charge in [-0.1, -0.05) is 25.1 Å². The van der Waals surface area contributed by atoms with Crippen LogP contribution in [0.25, 0.3) is 5.69 Å². The van der Waals surface area contributed by atoms with E-state index in [4.69, 9.17) is 5.73 Å². The van der Waals surface area contributed by atoms with Gasteiger partial charge in [-0.25, -0.2) is 0 Å². The Kier molecular flexibility index (Phi) is 2.96. The summed E-state index contributed by atoms with van der Waals surface area (Å²) in [5.41, 5.74) is 8.03. The Morgan fingerprint density at radius 2 is 2.12 bits per heavy atom. The van der Waals surface area contributed by atoms with Crippen molar-refractivity contribution in [3.05, 3.63) is 35.7 Å². The molecule has 0 saturated heterocycles. The van der Waals surface area contributed by atoms with Crippen LogP contribution in [-0.2, 0) is 6.42 Å². The molecule has 0 aliphatic carbocycles. The minimum Gasteiger partial charge on any atom is -0.321 e. The molecule has 0 fully saturated rings. The number of aryl methyl sites for hydroxylation is 1. The smallest absolute Gasteiger partial charge is 0.173 e. The molecule has 2 aromatic rings. The van der Waals surface area contributed by atoms with Crippen LogP contribution in [-0.4, -0.2) is 20.2 Å². The molecule has 5 nitrogen and oxygen atoms in total. The van der Waals surface area contributed by atoms with Gasteiger partial charge in [0.15, 0.2) is 5.82 Å². The van der Waals surface area contributed by atoms with E-state index in [1.807, 2.05) is 25.1 Å². The number of para-hydroxylation sites is 1. The molecule has 0 spiro atoms. The molecule has 1 atom stereocenters. The molecule has 2 N–H and O–H groups in total. The second kappa shape index (κ2) is 4.40. The van der Waals surface area contributed by atoms with Gasteiger partial charge < -0.3 is 5.73 Å². The van der Waals surface area contributed by atoms with E-state index in [-0.39, 0.29) is 6.04 Å². The van der Waals surface area contributed by atoms with Gasteiger partial charge in [-0.05, 0) is 35.4 Å². The molecule has 0 aliphatic heterocycles. The van der Waals surface area contributed by atoms with Crippen molar-refractivity contribution in [2.45, 2.75) is 26.3 Å². The van der Waals surface area contributed by atoms with Crippen LogP contribution in [0.1, 0.15) is 31.3 Å². The molecule has 84 valence electrons. The Bertz CT molecular complexity index is 475. The molecule has 0 saturated carbocycles. The van der Waals surface area contributed by atoms with Crippen molar-refractivity contribution in [2.24, 2.45) is 5.73 Å². The normalized spacial score (nSPS) is 12.7. The molecule has 1 unspecified atom stereocenters. The van der Waals surface area contributed by atoms with Gasteiger partial charge in [0.1, 0.15) is 0 Å². The SMILES string of the molecule is CCc1ccccc1-n1nnnc1C(C)N. The van der Waals surface area contributed by atoms with Crippen LogP contribution in [0.3, 0.4) is 0 Å². The van der Waals surface area contributed by atoms with Gasteiger partial charge in [0.25, 0.3) is 0 Å². The summed E-state index contributed by atoms with van der Waals surface area (Å²) in [5, 5.41) is 11.6. The van der Waals surface area contributed by atoms with Gasteiger partial charge in [-0.2, -0.15) is 4.68 Å². The highest BCUT2D eigenvalue weighted by Crippen LogP contribution is 2.17. The van der Waals surface area contributed by atoms with Crippen molar-refractivity contribution in [3.8, 4) is 5.69 Å². The van der Waals surface area contributed by atoms with E-state index in [2.05, 4.69) is 28.5 Å². The van der Waals surface area contributed by atoms with Crippen LogP contribution in [0, 0.1) is 0 Å². The molecule has 16 heavy (non-hydrogen) atoms. The molecular weight excluding hydrogens is 202 g/mol. The van der Waals surface area contributed by atoms with E-state index in [1.54, 1.807) is 4.68 Å². The van der Waals surface area contributed by atoms with Gasteiger partial charge in [0.05, 0.1) is 11.7 Å². The standard InChI is InChI=1S/C11H15N5/c1-3-9-6-4-5-7-10(9)16-11(8(2)12)13-14-15-16/h4-8H,3,12H2,1-2H3. The average molecular weight is 217 g/mol. The zero-order valence-electron chi connectivity index (χ0n) is 9.46. The molecule has 2 rings (SSSR count). The Morgan fingerprint density at radius 3 is 2.81 bits per heavy atom. The van der Waals surface area contributed by atoms with Gasteiger partial charge in [-0.15, -0.1) is 5.10 Å². The van der Waals surface area contributed by atoms with E-state index in [0.29, 0.717) is 5.82 Å². The van der Waals surface area contributed by atoms with Crippen LogP contribution < -0.4 is 5.73 Å². The van der Waals surface area contributed by atoms with Gasteiger partial charge >= 0.3 is 0 Å². The maximum absolute atomic E-state index is 5.82. The van der Waals surface area contributed by atoms with Gasteiger partial charge in [-0.3, -0.25) is 0 Å². The third-order valence-electron chi connectivity index (χ3n) is 2.50. The van der Waals surface area contributed by atoms with Crippen LogP contribution in [0.5, 0.6) is 0 Å². The van der Waals surface area contributed by atoms with Crippen molar-refractivity contribution >= 4 is 0 Å². The quantitative estimate of drug-likeness (QED) is 0.839. The highest BCUT2D eigenvalue weighted by Gasteiger charge is 2.13. The van der Waals surface area contributed by atoms with Crippen LogP contribution >= 0.6 is 0 Å². The lowest BCUT2D eigenvalue weighted by Gasteiger charge is -2.10. The Morgan fingerprint density at radius 1 is 1.38 bits per heavy atom. The van der Waals surface area contributed by atoms with E-state index >= 15 is 0 Å². The Balaban J connectivity index is 2.54. The molecule has 0 bridgehead atoms. The maximum Gasteiger partial charge on any atom is 0.173 e. The van der Waals surface area contributed by atoms with Crippen LogP contribution in [0.15, 0.2) is 24.3 Å². The summed E-state index contributed by atoms with van der Waals surface area (Å²) in [7, 11) is 0. The third-order valence-corrected chi connectivity index (χ3v) is 2.50. The topological polar surface area (TPSA) is 69.6 Å². The third kappa shape index (κ3) is 1.81. The van der Waals surface area contributed by atoms with E-state index in [0.717, 1.165) is 12.1 Å². The summed E-state index contributed by atoms with van der Waals surface area (Å²) in [5.74, 6) is 0.681. The lowest BCUT2D eigenvalue weighted by atomic mass is 10.1. The van der Waals surface area contributed by atoms with Crippen molar-refractivity contribution in [1.29, 1.82) is 0 Å². The first kappa shape index (κ1) is 10.8. The molecule has 1 aromatic heterocycles. The summed E-state index contributed by atoms with van der Waals surface area (Å²) in [6, 6.07) is 7.88. The first-order valence-corrected chi connectivity index (χ1v) is 5.36. The average Bonchev–Trinajstić information content (AvgIpc) is 2.77. The molecule has 0 aliphatic rings. The predicted octanol–water partition coefficient (Wildman–Crippen LogP) is 1.24. The zero-order valence-corrected chi connectivity index (χ0v) is 9.46. The second-order valence-electron chi connectivity index (χ2n) is 3.72. The lowest BCUT2D eigenvalue weighted by molar-refractivity contribution is 0.685. The first-order chi connectivity index (χ1) is 7.74. The Labute approximate surface area is 94.3 Å². The monoisotopic (exact) mass is 217 g/mol. The molecule has 5 heteroatoms. The fourth-order valence-corrected chi connectivity index (χ4v) is 1.67. The number of nitrogens with two attached hydrogens (primary N) is 1. The highest BCUT2D eigenvalue weighted by atomic mass is 15.5. The van der Waals surface area contributed by atoms with Crippen molar-refractivity contribution in [1.82, 2.24) is 20.2 Å². The summed E-state index contributed by atoms with van der Waals surface area (Å²) < 4.78 is 1.71. The maximum atomic E-state index is 5.82. The van der Waals surface area contributed by atoms with Crippen molar-refractivity contribution in [2.75, 3.05) is 0 Å². The molecule has 0 radical (unpaired) electrons. The van der Waals surface area contributed by atoms with Crippen molar-refractivity contribution < 1.29 is 0 Å². The number of rotatable bonds is 3. The number of hydrogen-bond acceptors (Lipinski definition) is 4. The summed E-state index contributed by atoms with van der Waals surface area (Å²) >= 11 is 0. The first-order valence-electron chi connectivity index (χ1n) is 5.36.